The summed E-state index contributed by atoms with van der Waals surface area (Å²) in [5.74, 6) is 0.472. The zero-order valence-electron chi connectivity index (χ0n) is 17.0. The highest BCUT2D eigenvalue weighted by atomic mass is 35.5. The van der Waals surface area contributed by atoms with Gasteiger partial charge >= 0.3 is 0 Å². The van der Waals surface area contributed by atoms with Crippen molar-refractivity contribution in [3.05, 3.63) is 87.6 Å². The minimum atomic E-state index is -4.49. The number of nitrogens with zero attached hydrogens (tertiary/aromatic N) is 3. The lowest BCUT2D eigenvalue weighted by Crippen LogP contribution is -2.00. The molecule has 4 rings (SSSR count). The summed E-state index contributed by atoms with van der Waals surface area (Å²) in [4.78, 5) is 14.4. The Morgan fingerprint density at radius 1 is 1.15 bits per heavy atom. The zero-order chi connectivity index (χ0) is 24.5. The van der Waals surface area contributed by atoms with E-state index >= 15 is 0 Å². The normalized spacial score (nSPS) is 11.1. The Bertz CT molecular complexity index is 1600. The molecule has 1 heterocycles. The maximum Gasteiger partial charge on any atom is 0.296 e. The number of aromatic nitrogens is 1. The van der Waals surface area contributed by atoms with Crippen molar-refractivity contribution in [2.24, 2.45) is 0 Å². The maximum atomic E-state index is 11.4. The summed E-state index contributed by atoms with van der Waals surface area (Å²) in [5, 5.41) is 24.1. The Balaban J connectivity index is 1.76. The Morgan fingerprint density at radius 2 is 1.91 bits per heavy atom. The third-order valence-corrected chi connectivity index (χ3v) is 6.08. The molecule has 12 heteroatoms. The molecule has 34 heavy (non-hydrogen) atoms. The first kappa shape index (κ1) is 22.9. The van der Waals surface area contributed by atoms with Gasteiger partial charge < -0.3 is 10.1 Å². The minimum absolute atomic E-state index is 0.156. The number of hydrogen-bond donors (Lipinski definition) is 2. The van der Waals surface area contributed by atoms with E-state index in [4.69, 9.17) is 16.3 Å². The number of nitro groups is 1. The lowest BCUT2D eigenvalue weighted by atomic mass is 10.1. The number of pyridine rings is 1. The van der Waals surface area contributed by atoms with Crippen LogP contribution >= 0.6 is 11.6 Å². The van der Waals surface area contributed by atoms with Crippen LogP contribution in [0.4, 0.5) is 17.1 Å². The molecule has 0 aliphatic heterocycles. The quantitative estimate of drug-likeness (QED) is 0.201. The highest BCUT2D eigenvalue weighted by Crippen LogP contribution is 2.37. The first-order valence-electron chi connectivity index (χ1n) is 9.45. The predicted octanol–water partition coefficient (Wildman–Crippen LogP) is 5.45. The molecule has 0 aliphatic rings. The number of non-ortho nitro benzene ring substituents is 1. The molecule has 0 radical (unpaired) electrons. The Hall–Kier alpha value is -4.24. The monoisotopic (exact) mass is 496 g/mol. The van der Waals surface area contributed by atoms with Crippen molar-refractivity contribution in [1.82, 2.24) is 4.98 Å². The minimum Gasteiger partial charge on any atom is -0.455 e. The van der Waals surface area contributed by atoms with Crippen molar-refractivity contribution >= 4 is 49.7 Å². The Morgan fingerprint density at radius 3 is 2.59 bits per heavy atom. The van der Waals surface area contributed by atoms with Crippen LogP contribution in [0.15, 0.2) is 71.8 Å². The number of benzene rings is 3. The van der Waals surface area contributed by atoms with E-state index in [1.807, 2.05) is 6.07 Å². The number of ether oxygens (including phenoxy) is 1. The molecule has 0 aliphatic carbocycles. The van der Waals surface area contributed by atoms with Crippen molar-refractivity contribution in [1.29, 1.82) is 5.26 Å². The number of nitro benzene ring substituents is 1. The Kier molecular flexibility index (Phi) is 6.04. The SMILES string of the molecule is N#Cc1cnc2ccc([N+](=O)[O-])cc2c1Nc1ccccc1Oc1ccc(S(=O)(=O)O)c(Cl)c1. The van der Waals surface area contributed by atoms with Gasteiger partial charge in [0.15, 0.2) is 5.75 Å². The smallest absolute Gasteiger partial charge is 0.296 e. The molecule has 2 N–H and O–H groups in total. The van der Waals surface area contributed by atoms with Gasteiger partial charge in [-0.15, -0.1) is 0 Å². The van der Waals surface area contributed by atoms with Crippen molar-refractivity contribution < 1.29 is 22.6 Å². The van der Waals surface area contributed by atoms with Crippen LogP contribution in [0.3, 0.4) is 0 Å². The summed E-state index contributed by atoms with van der Waals surface area (Å²) in [6.07, 6.45) is 1.35. The fraction of sp³-hybridized carbons (Fsp3) is 0. The van der Waals surface area contributed by atoms with E-state index in [-0.39, 0.29) is 27.8 Å². The van der Waals surface area contributed by atoms with Crippen LogP contribution in [0.1, 0.15) is 5.56 Å². The predicted molar refractivity (Wildman–Crippen MR) is 124 cm³/mol. The molecule has 0 bridgehead atoms. The van der Waals surface area contributed by atoms with Crippen molar-refractivity contribution in [3.8, 4) is 17.6 Å². The maximum absolute atomic E-state index is 11.4. The average Bonchev–Trinajstić information content (AvgIpc) is 2.79. The van der Waals surface area contributed by atoms with E-state index < -0.39 is 19.9 Å². The third-order valence-electron chi connectivity index (χ3n) is 4.74. The first-order valence-corrected chi connectivity index (χ1v) is 11.3. The van der Waals surface area contributed by atoms with E-state index in [0.717, 1.165) is 6.07 Å². The number of halogens is 1. The molecule has 0 atom stereocenters. The second-order valence-electron chi connectivity index (χ2n) is 6.91. The highest BCUT2D eigenvalue weighted by Gasteiger charge is 2.17. The number of fused-ring (bicyclic) bond motifs is 1. The number of para-hydroxylation sites is 2. The molecule has 0 unspecified atom stereocenters. The number of nitrogens with one attached hydrogen (secondary N) is 1. The van der Waals surface area contributed by atoms with Gasteiger partial charge in [0, 0.05) is 29.8 Å². The lowest BCUT2D eigenvalue weighted by Gasteiger charge is -2.15. The summed E-state index contributed by atoms with van der Waals surface area (Å²) in [6.45, 7) is 0. The van der Waals surface area contributed by atoms with E-state index in [2.05, 4.69) is 10.3 Å². The molecule has 0 amide bonds. The number of hydrogen-bond acceptors (Lipinski definition) is 8. The van der Waals surface area contributed by atoms with Gasteiger partial charge in [0.1, 0.15) is 16.7 Å². The molecule has 1 aromatic heterocycles. The van der Waals surface area contributed by atoms with Crippen LogP contribution in [0.5, 0.6) is 11.5 Å². The number of nitriles is 1. The van der Waals surface area contributed by atoms with Gasteiger partial charge in [-0.1, -0.05) is 23.7 Å². The first-order chi connectivity index (χ1) is 16.2. The second kappa shape index (κ2) is 8.95. The largest absolute Gasteiger partial charge is 0.455 e. The average molecular weight is 497 g/mol. The summed E-state index contributed by atoms with van der Waals surface area (Å²) < 4.78 is 37.8. The summed E-state index contributed by atoms with van der Waals surface area (Å²) in [7, 11) is -4.49. The van der Waals surface area contributed by atoms with Crippen LogP contribution < -0.4 is 10.1 Å². The lowest BCUT2D eigenvalue weighted by molar-refractivity contribution is -0.384. The van der Waals surface area contributed by atoms with E-state index in [1.54, 1.807) is 24.3 Å². The summed E-state index contributed by atoms with van der Waals surface area (Å²) >= 11 is 5.96. The van der Waals surface area contributed by atoms with Gasteiger partial charge in [-0.25, -0.2) is 0 Å². The fourth-order valence-corrected chi connectivity index (χ4v) is 4.20. The van der Waals surface area contributed by atoms with Crippen LogP contribution in [-0.4, -0.2) is 22.9 Å². The van der Waals surface area contributed by atoms with E-state index in [9.17, 15) is 28.3 Å². The van der Waals surface area contributed by atoms with Crippen molar-refractivity contribution in [2.75, 3.05) is 5.32 Å². The molecule has 4 aromatic rings. The van der Waals surface area contributed by atoms with Gasteiger partial charge in [-0.05, 0) is 30.3 Å². The molecule has 0 fully saturated rings. The Labute approximate surface area is 197 Å². The molecule has 3 aromatic carbocycles. The third kappa shape index (κ3) is 4.60. The molecular formula is C22H13ClN4O6S. The van der Waals surface area contributed by atoms with Crippen LogP contribution in [0.2, 0.25) is 5.02 Å². The molecular weight excluding hydrogens is 484 g/mol. The molecule has 10 nitrogen and oxygen atoms in total. The summed E-state index contributed by atoms with van der Waals surface area (Å²) in [6, 6.07) is 16.5. The number of anilines is 2. The van der Waals surface area contributed by atoms with Gasteiger partial charge in [0.2, 0.25) is 0 Å². The summed E-state index contributed by atoms with van der Waals surface area (Å²) in [5.41, 5.74) is 1.15. The van der Waals surface area contributed by atoms with Crippen LogP contribution in [-0.2, 0) is 10.1 Å². The fourth-order valence-electron chi connectivity index (χ4n) is 3.19. The van der Waals surface area contributed by atoms with Crippen LogP contribution in [0, 0.1) is 21.4 Å². The van der Waals surface area contributed by atoms with Gasteiger partial charge in [0.05, 0.1) is 32.4 Å². The van der Waals surface area contributed by atoms with Gasteiger partial charge in [-0.3, -0.25) is 19.7 Å². The van der Waals surface area contributed by atoms with E-state index in [0.29, 0.717) is 22.3 Å². The van der Waals surface area contributed by atoms with Crippen LogP contribution in [0.25, 0.3) is 10.9 Å². The van der Waals surface area contributed by atoms with Crippen molar-refractivity contribution in [3.63, 3.8) is 0 Å². The van der Waals surface area contributed by atoms with Gasteiger partial charge in [-0.2, -0.15) is 13.7 Å². The molecule has 0 saturated heterocycles. The molecule has 0 saturated carbocycles. The number of rotatable bonds is 6. The molecule has 0 spiro atoms. The van der Waals surface area contributed by atoms with Gasteiger partial charge in [0.25, 0.3) is 15.8 Å². The second-order valence-corrected chi connectivity index (χ2v) is 8.70. The molecule has 170 valence electrons. The van der Waals surface area contributed by atoms with E-state index in [1.165, 1.54) is 36.5 Å². The zero-order valence-corrected chi connectivity index (χ0v) is 18.5. The topological polar surface area (TPSA) is 155 Å². The van der Waals surface area contributed by atoms with Crippen molar-refractivity contribution in [2.45, 2.75) is 4.90 Å². The highest BCUT2D eigenvalue weighted by molar-refractivity contribution is 7.86. The standard InChI is InChI=1S/C22H13ClN4O6S/c23-17-10-15(6-8-21(17)34(30,31)32)33-20-4-2-1-3-19(20)26-22-13(11-24)12-25-18-7-5-14(27(28)29)9-16(18)22/h1-10,12H,(H,25,26)(H,30,31,32).